The molecule has 0 aromatic rings. The monoisotopic (exact) mass is 372 g/mol. The van der Waals surface area contributed by atoms with E-state index in [4.69, 9.17) is 14.9 Å². The zero-order valence-corrected chi connectivity index (χ0v) is 16.6. The predicted molar refractivity (Wildman–Crippen MR) is 105 cm³/mol. The van der Waals surface area contributed by atoms with Crippen molar-refractivity contribution in [2.45, 2.75) is 103 Å². The summed E-state index contributed by atoms with van der Waals surface area (Å²) in [4.78, 5) is 11.4. The molecule has 0 radical (unpaired) electrons. The number of rotatable bonds is 18. The van der Waals surface area contributed by atoms with Crippen LogP contribution < -0.4 is 0 Å². The molecule has 0 aliphatic heterocycles. The third-order valence-corrected chi connectivity index (χ3v) is 4.36. The Hall–Kier alpha value is -0.910. The highest BCUT2D eigenvalue weighted by atomic mass is 16.5. The van der Waals surface area contributed by atoms with Crippen LogP contribution in [0.2, 0.25) is 0 Å². The maximum Gasteiger partial charge on any atom is 0.305 e. The predicted octanol–water partition coefficient (Wildman–Crippen LogP) is 3.89. The van der Waals surface area contributed by atoms with E-state index in [2.05, 4.69) is 19.1 Å². The Kier molecular flexibility index (Phi) is 18.2. The number of aliphatic hydroxyl groups excluding tert-OH is 3. The second-order valence-electron chi connectivity index (χ2n) is 7.04. The first-order valence-corrected chi connectivity index (χ1v) is 10.4. The number of esters is 1. The first-order valence-electron chi connectivity index (χ1n) is 10.4. The molecule has 0 aliphatic carbocycles. The smallest absolute Gasteiger partial charge is 0.305 e. The Morgan fingerprint density at radius 1 is 0.923 bits per heavy atom. The molecule has 0 unspecified atom stereocenters. The minimum absolute atomic E-state index is 0.130. The number of carbonyl (C=O) groups is 1. The van der Waals surface area contributed by atoms with Crippen molar-refractivity contribution in [1.29, 1.82) is 0 Å². The lowest BCUT2D eigenvalue weighted by Crippen LogP contribution is -2.21. The number of aliphatic hydroxyl groups is 3. The van der Waals surface area contributed by atoms with Gasteiger partial charge in [0.25, 0.3) is 0 Å². The third-order valence-electron chi connectivity index (χ3n) is 4.36. The first-order chi connectivity index (χ1) is 12.6. The van der Waals surface area contributed by atoms with E-state index in [1.807, 2.05) is 0 Å². The molecule has 2 atom stereocenters. The van der Waals surface area contributed by atoms with Gasteiger partial charge < -0.3 is 20.1 Å². The van der Waals surface area contributed by atoms with Gasteiger partial charge in [-0.25, -0.2) is 0 Å². The van der Waals surface area contributed by atoms with Crippen molar-refractivity contribution in [3.05, 3.63) is 12.2 Å². The number of ether oxygens (including phenoxy) is 1. The van der Waals surface area contributed by atoms with Crippen LogP contribution in [0.25, 0.3) is 0 Å². The van der Waals surface area contributed by atoms with E-state index in [9.17, 15) is 9.90 Å². The molecule has 0 fully saturated rings. The molecule has 154 valence electrons. The van der Waals surface area contributed by atoms with Crippen LogP contribution in [0.4, 0.5) is 0 Å². The zero-order valence-electron chi connectivity index (χ0n) is 16.6. The number of allylic oxidation sites excluding steroid dienone is 1. The average molecular weight is 373 g/mol. The molecule has 0 saturated carbocycles. The Balaban J connectivity index is 3.36. The van der Waals surface area contributed by atoms with E-state index in [0.717, 1.165) is 57.8 Å². The van der Waals surface area contributed by atoms with Crippen LogP contribution in [0.1, 0.15) is 90.4 Å². The lowest BCUT2D eigenvalue weighted by Gasteiger charge is -2.08. The fourth-order valence-electron chi connectivity index (χ4n) is 2.67. The van der Waals surface area contributed by atoms with Gasteiger partial charge in [-0.15, -0.1) is 0 Å². The molecular weight excluding hydrogens is 332 g/mol. The molecule has 0 bridgehead atoms. The van der Waals surface area contributed by atoms with Gasteiger partial charge in [0.1, 0.15) is 12.7 Å². The number of hydrogen-bond acceptors (Lipinski definition) is 5. The van der Waals surface area contributed by atoms with Crippen LogP contribution in [0.15, 0.2) is 12.2 Å². The summed E-state index contributed by atoms with van der Waals surface area (Å²) in [5, 5.41) is 27.6. The van der Waals surface area contributed by atoms with Gasteiger partial charge in [0.2, 0.25) is 0 Å². The second-order valence-corrected chi connectivity index (χ2v) is 7.04. The minimum Gasteiger partial charge on any atom is -0.463 e. The first kappa shape index (κ1) is 25.1. The van der Waals surface area contributed by atoms with E-state index in [0.29, 0.717) is 6.42 Å². The van der Waals surface area contributed by atoms with E-state index in [1.165, 1.54) is 19.3 Å². The number of hydrogen-bond donors (Lipinski definition) is 3. The Morgan fingerprint density at radius 2 is 1.62 bits per heavy atom. The van der Waals surface area contributed by atoms with Gasteiger partial charge >= 0.3 is 5.97 Å². The van der Waals surface area contributed by atoms with Crippen molar-refractivity contribution in [2.24, 2.45) is 0 Å². The van der Waals surface area contributed by atoms with Gasteiger partial charge in [-0.2, -0.15) is 0 Å². The molecule has 26 heavy (non-hydrogen) atoms. The van der Waals surface area contributed by atoms with Gasteiger partial charge in [-0.1, -0.05) is 64.0 Å². The average Bonchev–Trinajstić information content (AvgIpc) is 2.64. The molecular formula is C21H40O5. The molecule has 3 N–H and O–H groups in total. The summed E-state index contributed by atoms with van der Waals surface area (Å²) in [6.07, 6.45) is 16.2. The lowest BCUT2D eigenvalue weighted by atomic mass is 10.1. The van der Waals surface area contributed by atoms with Gasteiger partial charge in [0, 0.05) is 6.42 Å². The van der Waals surface area contributed by atoms with Crippen LogP contribution in [0.3, 0.4) is 0 Å². The van der Waals surface area contributed by atoms with Crippen molar-refractivity contribution in [3.63, 3.8) is 0 Å². The summed E-state index contributed by atoms with van der Waals surface area (Å²) < 4.78 is 4.84. The van der Waals surface area contributed by atoms with Crippen molar-refractivity contribution < 1.29 is 24.9 Å². The highest BCUT2D eigenvalue weighted by Crippen LogP contribution is 2.10. The minimum atomic E-state index is -0.978. The molecule has 0 heterocycles. The molecule has 0 saturated heterocycles. The Morgan fingerprint density at radius 3 is 2.35 bits per heavy atom. The van der Waals surface area contributed by atoms with Gasteiger partial charge in [-0.05, 0) is 32.1 Å². The normalized spacial score (nSPS) is 13.8. The van der Waals surface area contributed by atoms with Crippen LogP contribution >= 0.6 is 0 Å². The molecule has 0 spiro atoms. The van der Waals surface area contributed by atoms with Crippen LogP contribution in [-0.4, -0.2) is 46.7 Å². The maximum absolute atomic E-state index is 11.4. The summed E-state index contributed by atoms with van der Waals surface area (Å²) >= 11 is 0. The molecule has 0 amide bonds. The molecule has 0 aromatic heterocycles. The van der Waals surface area contributed by atoms with Crippen molar-refractivity contribution >= 4 is 5.97 Å². The van der Waals surface area contributed by atoms with Crippen molar-refractivity contribution in [3.8, 4) is 0 Å². The molecule has 0 aromatic carbocycles. The van der Waals surface area contributed by atoms with Gasteiger partial charge in [0.05, 0.1) is 12.7 Å². The Labute approximate surface area is 159 Å². The van der Waals surface area contributed by atoms with Crippen LogP contribution in [-0.2, 0) is 9.53 Å². The van der Waals surface area contributed by atoms with E-state index in [-0.39, 0.29) is 25.3 Å². The largest absolute Gasteiger partial charge is 0.463 e. The molecule has 0 aliphatic rings. The quantitative estimate of drug-likeness (QED) is 0.193. The van der Waals surface area contributed by atoms with E-state index in [1.54, 1.807) is 0 Å². The van der Waals surface area contributed by atoms with Crippen molar-refractivity contribution in [1.82, 2.24) is 0 Å². The number of carbonyl (C=O) groups excluding carboxylic acids is 1. The van der Waals surface area contributed by atoms with Crippen LogP contribution in [0, 0.1) is 0 Å². The third kappa shape index (κ3) is 17.9. The summed E-state index contributed by atoms with van der Waals surface area (Å²) in [7, 11) is 0. The summed E-state index contributed by atoms with van der Waals surface area (Å²) in [5.74, 6) is -0.311. The highest BCUT2D eigenvalue weighted by molar-refractivity contribution is 5.69. The topological polar surface area (TPSA) is 87.0 Å². The number of unbranched alkanes of at least 4 members (excludes halogenated alkanes) is 8. The fourth-order valence-corrected chi connectivity index (χ4v) is 2.67. The zero-order chi connectivity index (χ0) is 19.5. The van der Waals surface area contributed by atoms with Crippen molar-refractivity contribution in [2.75, 3.05) is 13.2 Å². The fraction of sp³-hybridized carbons (Fsp3) is 0.857. The highest BCUT2D eigenvalue weighted by Gasteiger charge is 2.07. The molecule has 0 rings (SSSR count). The van der Waals surface area contributed by atoms with Gasteiger partial charge in [0.15, 0.2) is 0 Å². The van der Waals surface area contributed by atoms with Crippen LogP contribution in [0.5, 0.6) is 0 Å². The van der Waals surface area contributed by atoms with Gasteiger partial charge in [-0.3, -0.25) is 4.79 Å². The molecule has 5 heteroatoms. The standard InChI is InChI=1S/C21H40O5/c1-2-3-4-11-14-19(23)15-12-9-7-5-6-8-10-13-16-21(25)26-18-20(24)17-22/h9,12,19-20,22-24H,2-8,10-11,13-18H2,1H3/b12-9+/t19-,20+/m1/s1. The second kappa shape index (κ2) is 18.9. The molecule has 5 nitrogen and oxygen atoms in total. The summed E-state index contributed by atoms with van der Waals surface area (Å²) in [5.41, 5.74) is 0. The Bertz CT molecular complexity index is 343. The maximum atomic E-state index is 11.4. The summed E-state index contributed by atoms with van der Waals surface area (Å²) in [6.45, 7) is 1.68. The van der Waals surface area contributed by atoms with E-state index >= 15 is 0 Å². The summed E-state index contributed by atoms with van der Waals surface area (Å²) in [6, 6.07) is 0. The SMILES string of the molecule is CCCCCC[C@@H](O)C/C=C/CCCCCCCC(=O)OC[C@@H](O)CO. The lowest BCUT2D eigenvalue weighted by molar-refractivity contribution is -0.147. The van der Waals surface area contributed by atoms with E-state index < -0.39 is 6.10 Å².